The van der Waals surface area contributed by atoms with Gasteiger partial charge in [-0.05, 0) is 37.0 Å². The van der Waals surface area contributed by atoms with Crippen LogP contribution in [-0.4, -0.2) is 40.4 Å². The van der Waals surface area contributed by atoms with Crippen LogP contribution in [0.3, 0.4) is 0 Å². The van der Waals surface area contributed by atoms with Crippen LogP contribution < -0.4 is 5.32 Å². The Morgan fingerprint density at radius 2 is 2.07 bits per heavy atom. The van der Waals surface area contributed by atoms with Crippen LogP contribution in [0.25, 0.3) is 22.5 Å². The van der Waals surface area contributed by atoms with Crippen molar-refractivity contribution < 1.29 is 0 Å². The minimum Gasteiger partial charge on any atom is -0.367 e. The topological polar surface area (TPSA) is 88.7 Å². The van der Waals surface area contributed by atoms with Crippen LogP contribution in [0.15, 0.2) is 49.3 Å². The van der Waals surface area contributed by atoms with Crippen molar-refractivity contribution in [1.29, 1.82) is 0 Å². The fraction of sp³-hybridized carbons (Fsp3) is 0.273. The molecule has 0 saturated carbocycles. The van der Waals surface area contributed by atoms with Crippen LogP contribution >= 0.6 is 0 Å². The number of pyridine rings is 1. The normalized spacial score (nSPS) is 11.7. The number of hydrogen-bond donors (Lipinski definition) is 2. The van der Waals surface area contributed by atoms with E-state index in [1.807, 2.05) is 54.6 Å². The summed E-state index contributed by atoms with van der Waals surface area (Å²) in [5, 5.41) is 3.49. The standard InChI is InChI=1S/C22H24N8/c1-14(2)18-12-27-22-21(28-19(13-30(18)22)29-10-9-23-15(29)3)25-8-6-16-11-26-17-5-4-7-24-20(16)17/h4-5,7,9-14,26H,6,8H2,1-3H3,(H,25,28). The lowest BCUT2D eigenvalue weighted by Crippen LogP contribution is -2.11. The maximum absolute atomic E-state index is 4.86. The number of anilines is 1. The number of aromatic amines is 1. The first-order valence-electron chi connectivity index (χ1n) is 10.1. The summed E-state index contributed by atoms with van der Waals surface area (Å²) >= 11 is 0. The number of aromatic nitrogens is 7. The predicted molar refractivity (Wildman–Crippen MR) is 117 cm³/mol. The van der Waals surface area contributed by atoms with E-state index in [-0.39, 0.29) is 0 Å². The molecule has 0 radical (unpaired) electrons. The summed E-state index contributed by atoms with van der Waals surface area (Å²) in [4.78, 5) is 21.6. The van der Waals surface area contributed by atoms with Crippen molar-refractivity contribution in [2.45, 2.75) is 33.1 Å². The molecule has 8 heteroatoms. The van der Waals surface area contributed by atoms with Gasteiger partial charge in [0.2, 0.25) is 0 Å². The molecule has 0 aliphatic rings. The van der Waals surface area contributed by atoms with Gasteiger partial charge in [-0.1, -0.05) is 13.8 Å². The highest BCUT2D eigenvalue weighted by molar-refractivity contribution is 5.78. The number of nitrogens with zero attached hydrogens (tertiary/aromatic N) is 6. The van der Waals surface area contributed by atoms with Crippen LogP contribution in [0.5, 0.6) is 0 Å². The molecule has 0 bridgehead atoms. The lowest BCUT2D eigenvalue weighted by molar-refractivity contribution is 0.800. The Hall–Kier alpha value is -3.68. The summed E-state index contributed by atoms with van der Waals surface area (Å²) in [6.07, 6.45) is 12.4. The van der Waals surface area contributed by atoms with E-state index >= 15 is 0 Å². The fourth-order valence-electron chi connectivity index (χ4n) is 3.79. The molecule has 0 saturated heterocycles. The van der Waals surface area contributed by atoms with E-state index in [9.17, 15) is 0 Å². The zero-order chi connectivity index (χ0) is 20.7. The van der Waals surface area contributed by atoms with Crippen molar-refractivity contribution in [1.82, 2.24) is 33.9 Å². The summed E-state index contributed by atoms with van der Waals surface area (Å²) in [6.45, 7) is 7.04. The number of imidazole rings is 2. The highest BCUT2D eigenvalue weighted by Gasteiger charge is 2.15. The number of rotatable bonds is 6. The minimum atomic E-state index is 0.351. The number of H-pyrrole nitrogens is 1. The van der Waals surface area contributed by atoms with Crippen molar-refractivity contribution >= 4 is 22.5 Å². The molecule has 2 N–H and O–H groups in total. The van der Waals surface area contributed by atoms with Crippen LogP contribution in [0.4, 0.5) is 5.82 Å². The lowest BCUT2D eigenvalue weighted by Gasteiger charge is -2.13. The molecule has 0 atom stereocenters. The molecule has 5 heterocycles. The Balaban J connectivity index is 1.49. The van der Waals surface area contributed by atoms with Crippen LogP contribution in [0.1, 0.15) is 36.8 Å². The highest BCUT2D eigenvalue weighted by atomic mass is 15.2. The van der Waals surface area contributed by atoms with E-state index in [4.69, 9.17) is 4.98 Å². The molecule has 5 aromatic heterocycles. The molecule has 0 aliphatic carbocycles. The van der Waals surface area contributed by atoms with Gasteiger partial charge in [-0.2, -0.15) is 0 Å². The Bertz CT molecular complexity index is 1320. The van der Waals surface area contributed by atoms with E-state index in [1.165, 1.54) is 5.56 Å². The molecule has 0 amide bonds. The lowest BCUT2D eigenvalue weighted by atomic mass is 10.1. The average molecular weight is 400 g/mol. The zero-order valence-corrected chi connectivity index (χ0v) is 17.3. The Morgan fingerprint density at radius 3 is 2.87 bits per heavy atom. The molecular formula is C22H24N8. The molecule has 0 aliphatic heterocycles. The van der Waals surface area contributed by atoms with E-state index in [0.29, 0.717) is 5.92 Å². The predicted octanol–water partition coefficient (Wildman–Crippen LogP) is 3.88. The second kappa shape index (κ2) is 7.29. The molecule has 0 fully saturated rings. The molecular weight excluding hydrogens is 376 g/mol. The van der Waals surface area contributed by atoms with Gasteiger partial charge in [-0.25, -0.2) is 15.0 Å². The second-order valence-electron chi connectivity index (χ2n) is 7.71. The van der Waals surface area contributed by atoms with Gasteiger partial charge >= 0.3 is 0 Å². The molecule has 5 aromatic rings. The Morgan fingerprint density at radius 1 is 1.17 bits per heavy atom. The van der Waals surface area contributed by atoms with Crippen molar-refractivity contribution in [3.8, 4) is 5.82 Å². The fourth-order valence-corrected chi connectivity index (χ4v) is 3.79. The third-order valence-electron chi connectivity index (χ3n) is 5.37. The van der Waals surface area contributed by atoms with Gasteiger partial charge in [-0.3, -0.25) is 14.0 Å². The second-order valence-corrected chi connectivity index (χ2v) is 7.71. The number of aryl methyl sites for hydroxylation is 1. The highest BCUT2D eigenvalue weighted by Crippen LogP contribution is 2.23. The van der Waals surface area contributed by atoms with Crippen molar-refractivity contribution in [3.63, 3.8) is 0 Å². The maximum Gasteiger partial charge on any atom is 0.180 e. The third-order valence-corrected chi connectivity index (χ3v) is 5.37. The van der Waals surface area contributed by atoms with Crippen molar-refractivity contribution in [3.05, 3.63) is 66.4 Å². The summed E-state index contributed by atoms with van der Waals surface area (Å²) < 4.78 is 4.11. The molecule has 152 valence electrons. The van der Waals surface area contributed by atoms with Crippen molar-refractivity contribution in [2.24, 2.45) is 0 Å². The summed E-state index contributed by atoms with van der Waals surface area (Å²) in [5.41, 5.74) is 5.23. The first kappa shape index (κ1) is 18.4. The Labute approximate surface area is 174 Å². The van der Waals surface area contributed by atoms with E-state index in [1.54, 1.807) is 6.20 Å². The molecule has 8 nitrogen and oxygen atoms in total. The van der Waals surface area contributed by atoms with E-state index < -0.39 is 0 Å². The first-order chi connectivity index (χ1) is 14.6. The molecule has 0 unspecified atom stereocenters. The van der Waals surface area contributed by atoms with E-state index in [2.05, 4.69) is 43.5 Å². The van der Waals surface area contributed by atoms with E-state index in [0.717, 1.165) is 52.8 Å². The first-order valence-corrected chi connectivity index (χ1v) is 10.1. The van der Waals surface area contributed by atoms with Crippen LogP contribution in [-0.2, 0) is 6.42 Å². The van der Waals surface area contributed by atoms with Gasteiger partial charge in [-0.15, -0.1) is 0 Å². The molecule has 0 aromatic carbocycles. The van der Waals surface area contributed by atoms with Crippen LogP contribution in [0, 0.1) is 6.92 Å². The minimum absolute atomic E-state index is 0.351. The van der Waals surface area contributed by atoms with Gasteiger partial charge < -0.3 is 10.3 Å². The average Bonchev–Trinajstić information content (AvgIpc) is 3.46. The third kappa shape index (κ3) is 3.10. The van der Waals surface area contributed by atoms with Crippen molar-refractivity contribution in [2.75, 3.05) is 11.9 Å². The SMILES string of the molecule is Cc1nccn1-c1cn2c(C(C)C)cnc2c(NCCc2c[nH]c3cccnc23)n1. The molecule has 30 heavy (non-hydrogen) atoms. The quantitative estimate of drug-likeness (QED) is 0.452. The smallest absolute Gasteiger partial charge is 0.180 e. The van der Waals surface area contributed by atoms with Gasteiger partial charge in [0.15, 0.2) is 17.3 Å². The molecule has 5 rings (SSSR count). The number of hydrogen-bond acceptors (Lipinski definition) is 5. The van der Waals surface area contributed by atoms with Gasteiger partial charge in [0.1, 0.15) is 5.82 Å². The summed E-state index contributed by atoms with van der Waals surface area (Å²) in [6, 6.07) is 3.98. The van der Waals surface area contributed by atoms with Gasteiger partial charge in [0, 0.05) is 43.2 Å². The van der Waals surface area contributed by atoms with Crippen LogP contribution in [0.2, 0.25) is 0 Å². The zero-order valence-electron chi connectivity index (χ0n) is 17.3. The summed E-state index contributed by atoms with van der Waals surface area (Å²) in [5.74, 6) is 2.82. The number of nitrogens with one attached hydrogen (secondary N) is 2. The van der Waals surface area contributed by atoms with Gasteiger partial charge in [0.25, 0.3) is 0 Å². The largest absolute Gasteiger partial charge is 0.367 e. The van der Waals surface area contributed by atoms with Gasteiger partial charge in [0.05, 0.1) is 17.2 Å². The molecule has 0 spiro atoms. The monoisotopic (exact) mass is 400 g/mol. The number of fused-ring (bicyclic) bond motifs is 2. The Kier molecular flexibility index (Phi) is 4.46. The maximum atomic E-state index is 4.86. The summed E-state index contributed by atoms with van der Waals surface area (Å²) in [7, 11) is 0.